The molecule has 1 amide bonds. The predicted molar refractivity (Wildman–Crippen MR) is 84.1 cm³/mol. The monoisotopic (exact) mass is 305 g/mol. The Labute approximate surface area is 130 Å². The van der Waals surface area contributed by atoms with E-state index in [1.807, 2.05) is 0 Å². The van der Waals surface area contributed by atoms with E-state index in [2.05, 4.69) is 38.9 Å². The van der Waals surface area contributed by atoms with Crippen molar-refractivity contribution in [3.63, 3.8) is 0 Å². The molecule has 5 heteroatoms. The van der Waals surface area contributed by atoms with Crippen LogP contribution in [-0.4, -0.2) is 46.9 Å². The lowest BCUT2D eigenvalue weighted by molar-refractivity contribution is -0.133. The van der Waals surface area contributed by atoms with Crippen LogP contribution in [0.3, 0.4) is 0 Å². The van der Waals surface area contributed by atoms with Crippen LogP contribution in [0.1, 0.15) is 44.3 Å². The smallest absolute Gasteiger partial charge is 0.244 e. The second kappa shape index (κ2) is 5.07. The summed E-state index contributed by atoms with van der Waals surface area (Å²) in [6.07, 6.45) is 4.68. The van der Waals surface area contributed by atoms with Crippen LogP contribution in [0.5, 0.6) is 0 Å². The molecule has 2 aliphatic heterocycles. The normalized spacial score (nSPS) is 29.5. The van der Waals surface area contributed by atoms with Gasteiger partial charge in [-0.05, 0) is 68.1 Å². The molecule has 3 fully saturated rings. The molecule has 114 valence electrons. The second-order valence-electron chi connectivity index (χ2n) is 6.75. The van der Waals surface area contributed by atoms with Gasteiger partial charge in [-0.15, -0.1) is 0 Å². The average Bonchev–Trinajstić information content (AvgIpc) is 2.90. The van der Waals surface area contributed by atoms with Crippen molar-refractivity contribution < 1.29 is 4.79 Å². The van der Waals surface area contributed by atoms with Crippen molar-refractivity contribution in [2.45, 2.75) is 50.4 Å². The lowest BCUT2D eigenvalue weighted by atomic mass is 10.2. The lowest BCUT2D eigenvalue weighted by Crippen LogP contribution is -2.44. The number of nitrogens with one attached hydrogen (secondary N) is 1. The van der Waals surface area contributed by atoms with E-state index in [4.69, 9.17) is 0 Å². The van der Waals surface area contributed by atoms with E-state index in [-0.39, 0.29) is 17.7 Å². The molecule has 0 bridgehead atoms. The van der Waals surface area contributed by atoms with E-state index in [0.717, 1.165) is 19.4 Å². The van der Waals surface area contributed by atoms with Gasteiger partial charge in [0.05, 0.1) is 0 Å². The van der Waals surface area contributed by atoms with Gasteiger partial charge in [-0.1, -0.05) is 0 Å². The summed E-state index contributed by atoms with van der Waals surface area (Å²) in [6, 6.07) is 2.42. The molecule has 3 heterocycles. The van der Waals surface area contributed by atoms with Gasteiger partial charge in [0.25, 0.3) is 0 Å². The van der Waals surface area contributed by atoms with E-state index in [1.54, 1.807) is 11.3 Å². The summed E-state index contributed by atoms with van der Waals surface area (Å²) in [7, 11) is 0. The van der Waals surface area contributed by atoms with E-state index in [1.165, 1.54) is 31.5 Å². The van der Waals surface area contributed by atoms with Gasteiger partial charge in [0.2, 0.25) is 5.91 Å². The topological polar surface area (TPSA) is 35.6 Å². The van der Waals surface area contributed by atoms with Crippen LogP contribution in [0, 0.1) is 0 Å². The molecule has 1 N–H and O–H groups in total. The Balaban J connectivity index is 1.55. The lowest BCUT2D eigenvalue weighted by Gasteiger charge is -2.32. The molecule has 21 heavy (non-hydrogen) atoms. The molecule has 1 saturated carbocycles. The first-order valence-electron chi connectivity index (χ1n) is 8.04. The van der Waals surface area contributed by atoms with Gasteiger partial charge in [0, 0.05) is 12.6 Å². The van der Waals surface area contributed by atoms with Gasteiger partial charge in [0.15, 0.2) is 0 Å². The first kappa shape index (κ1) is 13.7. The predicted octanol–water partition coefficient (Wildman–Crippen LogP) is 2.20. The fourth-order valence-electron chi connectivity index (χ4n) is 3.80. The molecule has 4 rings (SSSR count). The largest absolute Gasteiger partial charge is 0.317 e. The summed E-state index contributed by atoms with van der Waals surface area (Å²) in [5.41, 5.74) is 1.01. The Bertz CT molecular complexity index is 520. The highest BCUT2D eigenvalue weighted by Gasteiger charge is 2.60. The Hall–Kier alpha value is -0.910. The van der Waals surface area contributed by atoms with Crippen molar-refractivity contribution in [2.75, 3.05) is 19.6 Å². The zero-order valence-electron chi connectivity index (χ0n) is 12.5. The highest BCUT2D eigenvalue weighted by atomic mass is 32.1. The fraction of sp³-hybridized carbons (Fsp3) is 0.688. The number of hydrogen-bond acceptors (Lipinski definition) is 4. The molecule has 1 spiro atoms. The highest BCUT2D eigenvalue weighted by Crippen LogP contribution is 2.47. The Kier molecular flexibility index (Phi) is 3.32. The molecule has 1 aromatic heterocycles. The number of amides is 1. The van der Waals surface area contributed by atoms with Crippen LogP contribution in [0.15, 0.2) is 16.8 Å². The van der Waals surface area contributed by atoms with Crippen molar-refractivity contribution in [1.82, 2.24) is 15.1 Å². The van der Waals surface area contributed by atoms with E-state index in [9.17, 15) is 4.79 Å². The third-order valence-electron chi connectivity index (χ3n) is 5.14. The minimum absolute atomic E-state index is 0.0730. The van der Waals surface area contributed by atoms with Gasteiger partial charge >= 0.3 is 0 Å². The van der Waals surface area contributed by atoms with Crippen LogP contribution < -0.4 is 5.32 Å². The molecule has 1 aromatic rings. The van der Waals surface area contributed by atoms with Gasteiger partial charge in [-0.3, -0.25) is 10.1 Å². The molecule has 2 saturated heterocycles. The van der Waals surface area contributed by atoms with E-state index < -0.39 is 0 Å². The van der Waals surface area contributed by atoms with Gasteiger partial charge in [0.1, 0.15) is 11.7 Å². The van der Waals surface area contributed by atoms with Crippen LogP contribution in [0.2, 0.25) is 0 Å². The number of hydrogen-bond donors (Lipinski definition) is 1. The number of rotatable bonds is 4. The summed E-state index contributed by atoms with van der Waals surface area (Å²) in [5, 5.41) is 7.88. The van der Waals surface area contributed by atoms with Crippen molar-refractivity contribution >= 4 is 17.2 Å². The van der Waals surface area contributed by atoms with Crippen LogP contribution >= 0.6 is 11.3 Å². The summed E-state index contributed by atoms with van der Waals surface area (Å²) < 4.78 is 0. The molecule has 0 aromatic carbocycles. The SMILES string of the molecule is CC(CN1CCCC1)N1C(=O)C2(CC2)NC1c1ccsc1. The summed E-state index contributed by atoms with van der Waals surface area (Å²) in [6.45, 7) is 5.59. The van der Waals surface area contributed by atoms with E-state index >= 15 is 0 Å². The van der Waals surface area contributed by atoms with Gasteiger partial charge in [-0.25, -0.2) is 0 Å². The zero-order chi connectivity index (χ0) is 14.4. The molecule has 3 aliphatic rings. The van der Waals surface area contributed by atoms with Crippen LogP contribution in [0.4, 0.5) is 0 Å². The third kappa shape index (κ3) is 2.31. The zero-order valence-corrected chi connectivity index (χ0v) is 13.4. The minimum atomic E-state index is -0.230. The average molecular weight is 305 g/mol. The standard InChI is InChI=1S/C16H23N3OS/c1-12(10-18-7-2-3-8-18)19-14(13-4-9-21-11-13)17-16(5-6-16)15(19)20/h4,9,11-12,14,17H,2-3,5-8,10H2,1H3. The Morgan fingerprint density at radius 2 is 2.19 bits per heavy atom. The number of likely N-dealkylation sites (tertiary alicyclic amines) is 1. The number of carbonyl (C=O) groups excluding carboxylic acids is 1. The molecule has 4 nitrogen and oxygen atoms in total. The quantitative estimate of drug-likeness (QED) is 0.926. The van der Waals surface area contributed by atoms with Crippen molar-refractivity contribution in [3.8, 4) is 0 Å². The number of nitrogens with zero attached hydrogens (tertiary/aromatic N) is 2. The van der Waals surface area contributed by atoms with Gasteiger partial charge in [-0.2, -0.15) is 11.3 Å². The second-order valence-corrected chi connectivity index (χ2v) is 7.53. The molecule has 1 aliphatic carbocycles. The summed E-state index contributed by atoms with van der Waals surface area (Å²) in [4.78, 5) is 17.5. The third-order valence-corrected chi connectivity index (χ3v) is 5.84. The first-order chi connectivity index (χ1) is 10.2. The fourth-order valence-corrected chi connectivity index (χ4v) is 4.48. The van der Waals surface area contributed by atoms with Crippen LogP contribution in [-0.2, 0) is 4.79 Å². The van der Waals surface area contributed by atoms with Crippen molar-refractivity contribution in [2.24, 2.45) is 0 Å². The molecular weight excluding hydrogens is 282 g/mol. The summed E-state index contributed by atoms with van der Waals surface area (Å²) >= 11 is 1.71. The molecule has 2 unspecified atom stereocenters. The molecule has 2 atom stereocenters. The summed E-state index contributed by atoms with van der Waals surface area (Å²) in [5.74, 6) is 0.324. The minimum Gasteiger partial charge on any atom is -0.317 e. The van der Waals surface area contributed by atoms with Gasteiger partial charge < -0.3 is 9.80 Å². The van der Waals surface area contributed by atoms with Crippen molar-refractivity contribution in [1.29, 1.82) is 0 Å². The molecular formula is C16H23N3OS. The molecule has 0 radical (unpaired) electrons. The maximum Gasteiger partial charge on any atom is 0.244 e. The first-order valence-corrected chi connectivity index (χ1v) is 8.99. The van der Waals surface area contributed by atoms with Crippen molar-refractivity contribution in [3.05, 3.63) is 22.4 Å². The van der Waals surface area contributed by atoms with E-state index in [0.29, 0.717) is 5.91 Å². The maximum absolute atomic E-state index is 12.9. The number of thiophene rings is 1. The number of carbonyl (C=O) groups is 1. The Morgan fingerprint density at radius 3 is 2.81 bits per heavy atom. The van der Waals surface area contributed by atoms with Crippen LogP contribution in [0.25, 0.3) is 0 Å². The highest BCUT2D eigenvalue weighted by molar-refractivity contribution is 7.08. The maximum atomic E-state index is 12.9. The Morgan fingerprint density at radius 1 is 1.43 bits per heavy atom.